The van der Waals surface area contributed by atoms with Crippen molar-refractivity contribution in [3.05, 3.63) is 164 Å². The first-order chi connectivity index (χ1) is 32.1. The molecule has 0 radical (unpaired) electrons. The number of anilines is 2. The van der Waals surface area contributed by atoms with Crippen LogP contribution in [0.3, 0.4) is 0 Å². The van der Waals surface area contributed by atoms with E-state index in [1.165, 1.54) is 27.2 Å². The Labute approximate surface area is 385 Å². The van der Waals surface area contributed by atoms with Crippen LogP contribution in [0.1, 0.15) is 56.6 Å². The molecule has 5 aromatic heterocycles. The molecule has 0 N–H and O–H groups in total. The third kappa shape index (κ3) is 8.54. The molecular weight excluding hydrogens is 883 g/mol. The molecule has 66 heavy (non-hydrogen) atoms. The Kier molecular flexibility index (Phi) is 12.7. The summed E-state index contributed by atoms with van der Waals surface area (Å²) in [6.07, 6.45) is 7.04. The number of hydrogen-bond donors (Lipinski definition) is 0. The van der Waals surface area contributed by atoms with Crippen LogP contribution in [-0.4, -0.2) is 97.9 Å². The second-order valence-electron chi connectivity index (χ2n) is 16.3. The number of rotatable bonds is 9. The van der Waals surface area contributed by atoms with Crippen molar-refractivity contribution >= 4 is 79.0 Å². The number of nitro groups is 2. The Morgan fingerprint density at radius 3 is 1.56 bits per heavy atom. The van der Waals surface area contributed by atoms with Crippen molar-refractivity contribution in [1.29, 1.82) is 0 Å². The van der Waals surface area contributed by atoms with E-state index >= 15 is 0 Å². The van der Waals surface area contributed by atoms with E-state index in [4.69, 9.17) is 0 Å². The maximum Gasteiger partial charge on any atom is 0.357 e. The van der Waals surface area contributed by atoms with E-state index in [0.29, 0.717) is 84.4 Å². The summed E-state index contributed by atoms with van der Waals surface area (Å²) in [4.78, 5) is 88.1. The van der Waals surface area contributed by atoms with Gasteiger partial charge in [-0.25, -0.2) is 0 Å². The number of thiophene rings is 2. The van der Waals surface area contributed by atoms with E-state index < -0.39 is 26.7 Å². The molecule has 338 valence electrons. The third-order valence-corrected chi connectivity index (χ3v) is 14.3. The molecule has 10 rings (SSSR count). The minimum absolute atomic E-state index is 0.000384. The average molecular weight is 928 g/mol. The summed E-state index contributed by atoms with van der Waals surface area (Å²) in [6, 6.07) is 25.6. The fourth-order valence-corrected chi connectivity index (χ4v) is 10.8. The lowest BCUT2D eigenvalue weighted by molar-refractivity contribution is -0.385. The van der Waals surface area contributed by atoms with Gasteiger partial charge >= 0.3 is 22.5 Å². The number of nitrogens with zero attached hydrogens (tertiary/aromatic N) is 9. The zero-order valence-corrected chi connectivity index (χ0v) is 37.4. The lowest BCUT2D eigenvalue weighted by Crippen LogP contribution is -2.49. The van der Waals surface area contributed by atoms with Gasteiger partial charge in [-0.1, -0.05) is 61.4 Å². The van der Waals surface area contributed by atoms with Crippen molar-refractivity contribution in [1.82, 2.24) is 23.9 Å². The minimum Gasteiger partial charge on any atom is -0.362 e. The van der Waals surface area contributed by atoms with Gasteiger partial charge in [-0.2, -0.15) is 0 Å². The van der Waals surface area contributed by atoms with Crippen molar-refractivity contribution in [2.24, 2.45) is 0 Å². The summed E-state index contributed by atoms with van der Waals surface area (Å²) < 4.78 is 3.10. The quantitative estimate of drug-likeness (QED) is 0.103. The predicted octanol–water partition coefficient (Wildman–Crippen LogP) is 7.43. The van der Waals surface area contributed by atoms with Gasteiger partial charge in [0.25, 0.3) is 11.8 Å². The molecular formula is C47H45N9O8S2. The number of para-hydroxylation sites is 2. The molecule has 19 heteroatoms. The SMILES string of the molecule is O=C(c1cccs1)N1CCN(c2c([N+](=O)[O-])c(=O)n(C3CCCC3)c3ccccc23)CC1.O=C(c1cccs1)N1CCN(c2c([N+](=O)[O-])c(=O)n(Cc3ccncc3)c3ccccc23)CC1. The van der Waals surface area contributed by atoms with Crippen LogP contribution in [0.25, 0.3) is 21.8 Å². The first-order valence-corrected chi connectivity index (χ1v) is 23.5. The van der Waals surface area contributed by atoms with Gasteiger partial charge in [-0.3, -0.25) is 53.5 Å². The summed E-state index contributed by atoms with van der Waals surface area (Å²) >= 11 is 2.80. The number of piperazine rings is 2. The van der Waals surface area contributed by atoms with Gasteiger partial charge in [0.05, 0.1) is 37.2 Å². The molecule has 17 nitrogen and oxygen atoms in total. The fraction of sp³-hybridized carbons (Fsp3) is 0.298. The first kappa shape index (κ1) is 44.0. The fourth-order valence-electron chi connectivity index (χ4n) is 9.41. The van der Waals surface area contributed by atoms with E-state index in [0.717, 1.165) is 42.1 Å². The van der Waals surface area contributed by atoms with Crippen LogP contribution in [0.2, 0.25) is 0 Å². The number of pyridine rings is 3. The predicted molar refractivity (Wildman–Crippen MR) is 255 cm³/mol. The molecule has 3 fully saturated rings. The lowest BCUT2D eigenvalue weighted by atomic mass is 10.1. The Hall–Kier alpha value is -7.25. The molecule has 2 saturated heterocycles. The van der Waals surface area contributed by atoms with Crippen molar-refractivity contribution in [2.45, 2.75) is 38.3 Å². The molecule has 2 amide bonds. The van der Waals surface area contributed by atoms with Crippen LogP contribution in [0.5, 0.6) is 0 Å². The maximum absolute atomic E-state index is 13.4. The molecule has 1 saturated carbocycles. The second kappa shape index (κ2) is 19.1. The van der Waals surface area contributed by atoms with E-state index in [2.05, 4.69) is 4.98 Å². The molecule has 7 aromatic rings. The summed E-state index contributed by atoms with van der Waals surface area (Å²) in [6.45, 7) is 3.62. The van der Waals surface area contributed by atoms with Gasteiger partial charge in [0.15, 0.2) is 0 Å². The highest BCUT2D eigenvalue weighted by atomic mass is 32.1. The second-order valence-corrected chi connectivity index (χ2v) is 18.2. The molecule has 0 unspecified atom stereocenters. The molecule has 3 aliphatic rings. The molecule has 1 aliphatic carbocycles. The van der Waals surface area contributed by atoms with Gasteiger partial charge in [0, 0.05) is 81.6 Å². The smallest absolute Gasteiger partial charge is 0.357 e. The zero-order chi connectivity index (χ0) is 45.9. The Bertz CT molecular complexity index is 3050. The molecule has 2 aromatic carbocycles. The number of hydrogen-bond acceptors (Lipinski definition) is 13. The highest BCUT2D eigenvalue weighted by molar-refractivity contribution is 7.12. The standard InChI is InChI=1S/C24H21N5O4S.C23H24N4O4S/c30-23(20-6-3-15-34-20)27-13-11-26(12-14-27)21-18-4-1-2-5-19(18)28(24(31)22(21)29(32)33)16-17-7-9-25-10-8-17;28-22(19-10-5-15-32-19)25-13-11-24(12-14-25)20-17-8-3-4-9-18(17)26(16-6-1-2-7-16)23(29)21(20)27(30)31/h1-10,15H,11-14,16H2;3-5,8-10,15-16H,1-2,6-7,11-14H2. The van der Waals surface area contributed by atoms with Gasteiger partial charge < -0.3 is 19.6 Å². The van der Waals surface area contributed by atoms with E-state index in [1.54, 1.807) is 51.0 Å². The van der Waals surface area contributed by atoms with Gasteiger partial charge in [-0.05, 0) is 65.6 Å². The number of amides is 2. The van der Waals surface area contributed by atoms with Gasteiger partial charge in [0.2, 0.25) is 0 Å². The lowest BCUT2D eigenvalue weighted by Gasteiger charge is -2.36. The largest absolute Gasteiger partial charge is 0.362 e. The highest BCUT2D eigenvalue weighted by Crippen LogP contribution is 2.39. The zero-order valence-electron chi connectivity index (χ0n) is 35.8. The normalized spacial score (nSPS) is 15.5. The first-order valence-electron chi connectivity index (χ1n) is 21.8. The Morgan fingerprint density at radius 2 is 1.08 bits per heavy atom. The highest BCUT2D eigenvalue weighted by Gasteiger charge is 2.35. The maximum atomic E-state index is 13.4. The molecule has 0 bridgehead atoms. The van der Waals surface area contributed by atoms with Crippen molar-refractivity contribution < 1.29 is 19.4 Å². The summed E-state index contributed by atoms with van der Waals surface area (Å²) in [5.41, 5.74) is 0.946. The van der Waals surface area contributed by atoms with Crippen LogP contribution in [0.15, 0.2) is 118 Å². The van der Waals surface area contributed by atoms with Crippen LogP contribution in [0.4, 0.5) is 22.7 Å². The number of benzene rings is 2. The Balaban J connectivity index is 0.000000166. The number of carbonyl (C=O) groups excluding carboxylic acids is 2. The van der Waals surface area contributed by atoms with Gasteiger partial charge in [0.1, 0.15) is 11.4 Å². The Morgan fingerprint density at radius 1 is 0.606 bits per heavy atom. The van der Waals surface area contributed by atoms with Crippen LogP contribution in [0, 0.1) is 20.2 Å². The van der Waals surface area contributed by atoms with Crippen LogP contribution < -0.4 is 20.9 Å². The minimum atomic E-state index is -0.646. The molecule has 2 aliphatic heterocycles. The number of carbonyl (C=O) groups is 2. The van der Waals surface area contributed by atoms with E-state index in [9.17, 15) is 39.4 Å². The van der Waals surface area contributed by atoms with Crippen LogP contribution in [-0.2, 0) is 6.54 Å². The molecule has 7 heterocycles. The molecule has 0 spiro atoms. The molecule has 0 atom stereocenters. The summed E-state index contributed by atoms with van der Waals surface area (Å²) in [5, 5.41) is 29.4. The topological polar surface area (TPSA) is 190 Å². The summed E-state index contributed by atoms with van der Waals surface area (Å²) in [7, 11) is 0. The van der Waals surface area contributed by atoms with Crippen molar-refractivity contribution in [2.75, 3.05) is 62.2 Å². The van der Waals surface area contributed by atoms with E-state index in [1.807, 2.05) is 81.2 Å². The monoisotopic (exact) mass is 927 g/mol. The van der Waals surface area contributed by atoms with E-state index in [-0.39, 0.29) is 30.1 Å². The van der Waals surface area contributed by atoms with Crippen LogP contribution >= 0.6 is 22.7 Å². The number of aromatic nitrogens is 3. The van der Waals surface area contributed by atoms with Gasteiger partial charge in [-0.15, -0.1) is 22.7 Å². The third-order valence-electron chi connectivity index (χ3n) is 12.6. The van der Waals surface area contributed by atoms with Crippen molar-refractivity contribution in [3.8, 4) is 0 Å². The summed E-state index contributed by atoms with van der Waals surface area (Å²) in [5.74, 6) is -0.0579. The number of fused-ring (bicyclic) bond motifs is 2. The van der Waals surface area contributed by atoms with Crippen molar-refractivity contribution in [3.63, 3.8) is 0 Å². The average Bonchev–Trinajstić information content (AvgIpc) is 4.18.